The Kier molecular flexibility index (Phi) is 7.67. The summed E-state index contributed by atoms with van der Waals surface area (Å²) in [6, 6.07) is -0.0811. The molecular formula is C25H41N7O2. The van der Waals surface area contributed by atoms with E-state index in [1.807, 2.05) is 0 Å². The smallest absolute Gasteiger partial charge is 0.237 e. The van der Waals surface area contributed by atoms with Gasteiger partial charge in [0.25, 0.3) is 0 Å². The summed E-state index contributed by atoms with van der Waals surface area (Å²) in [7, 11) is 0. The highest BCUT2D eigenvalue weighted by Gasteiger charge is 2.34. The van der Waals surface area contributed by atoms with Crippen molar-refractivity contribution in [3.05, 3.63) is 0 Å². The average molecular weight is 472 g/mol. The van der Waals surface area contributed by atoms with Crippen LogP contribution in [0.5, 0.6) is 0 Å². The van der Waals surface area contributed by atoms with Crippen molar-refractivity contribution in [2.24, 2.45) is 21.8 Å². The fourth-order valence-corrected chi connectivity index (χ4v) is 6.35. The van der Waals surface area contributed by atoms with Gasteiger partial charge >= 0.3 is 0 Å². The minimum Gasteiger partial charge on any atom is -0.372 e. The van der Waals surface area contributed by atoms with Gasteiger partial charge in [0.2, 0.25) is 11.8 Å². The van der Waals surface area contributed by atoms with Crippen LogP contribution in [0.3, 0.4) is 0 Å². The lowest BCUT2D eigenvalue weighted by atomic mass is 9.84. The van der Waals surface area contributed by atoms with Gasteiger partial charge in [-0.1, -0.05) is 0 Å². The van der Waals surface area contributed by atoms with Gasteiger partial charge in [-0.05, 0) is 70.6 Å². The quantitative estimate of drug-likeness (QED) is 0.394. The van der Waals surface area contributed by atoms with E-state index in [-0.39, 0.29) is 36.0 Å². The van der Waals surface area contributed by atoms with Crippen molar-refractivity contribution in [3.8, 4) is 0 Å². The van der Waals surface area contributed by atoms with Crippen LogP contribution in [0.15, 0.2) is 9.98 Å². The van der Waals surface area contributed by atoms with Crippen molar-refractivity contribution in [2.75, 3.05) is 26.2 Å². The third-order valence-corrected chi connectivity index (χ3v) is 8.34. The van der Waals surface area contributed by atoms with Crippen LogP contribution >= 0.6 is 0 Å². The molecule has 9 nitrogen and oxygen atoms in total. The number of piperidine rings is 1. The number of carbonyl (C=O) groups excluding carboxylic acids is 2. The first kappa shape index (κ1) is 23.6. The Hall–Kier alpha value is -2.16. The highest BCUT2D eigenvalue weighted by Crippen LogP contribution is 2.27. The third-order valence-electron chi connectivity index (χ3n) is 8.34. The number of aliphatic imine (C=N–C) groups is 2. The molecule has 0 radical (unpaired) electrons. The van der Waals surface area contributed by atoms with Gasteiger partial charge in [0.1, 0.15) is 0 Å². The van der Waals surface area contributed by atoms with Crippen molar-refractivity contribution < 1.29 is 9.59 Å². The van der Waals surface area contributed by atoms with Crippen molar-refractivity contribution in [1.29, 1.82) is 0 Å². The molecule has 1 saturated heterocycles. The largest absolute Gasteiger partial charge is 0.372 e. The molecule has 0 aromatic rings. The molecule has 2 amide bonds. The maximum Gasteiger partial charge on any atom is 0.237 e. The molecule has 9 heteroatoms. The molecule has 5 aliphatic rings. The molecule has 0 spiro atoms. The zero-order valence-electron chi connectivity index (χ0n) is 20.3. The van der Waals surface area contributed by atoms with E-state index in [4.69, 9.17) is 0 Å². The zero-order valence-corrected chi connectivity index (χ0v) is 20.3. The number of carbonyl (C=O) groups is 2. The topological polar surface area (TPSA) is 119 Å². The highest BCUT2D eigenvalue weighted by atomic mass is 16.2. The molecule has 188 valence electrons. The molecule has 34 heavy (non-hydrogen) atoms. The van der Waals surface area contributed by atoms with E-state index in [9.17, 15) is 9.59 Å². The average Bonchev–Trinajstić information content (AvgIpc) is 3.60. The van der Waals surface area contributed by atoms with Gasteiger partial charge in [-0.25, -0.2) is 0 Å². The number of hydrogen-bond donors (Lipinski definition) is 5. The molecule has 0 bridgehead atoms. The van der Waals surface area contributed by atoms with Crippen LogP contribution in [-0.2, 0) is 9.59 Å². The predicted molar refractivity (Wildman–Crippen MR) is 133 cm³/mol. The van der Waals surface area contributed by atoms with Crippen LogP contribution in [0.2, 0.25) is 0 Å². The number of nitrogens with zero attached hydrogens (tertiary/aromatic N) is 2. The van der Waals surface area contributed by atoms with Gasteiger partial charge < -0.3 is 21.3 Å². The number of rotatable bonds is 6. The molecule has 5 rings (SSSR count). The Morgan fingerprint density at radius 2 is 1.09 bits per heavy atom. The van der Waals surface area contributed by atoms with Crippen molar-refractivity contribution >= 4 is 23.5 Å². The first-order valence-corrected chi connectivity index (χ1v) is 13.6. The minimum absolute atomic E-state index is 0.0580. The molecule has 3 fully saturated rings. The van der Waals surface area contributed by atoms with Crippen LogP contribution in [-0.4, -0.2) is 73.8 Å². The maximum absolute atomic E-state index is 13.0. The van der Waals surface area contributed by atoms with Gasteiger partial charge in [0.15, 0.2) is 0 Å². The molecule has 0 aromatic carbocycles. The lowest BCUT2D eigenvalue weighted by Gasteiger charge is -2.34. The Morgan fingerprint density at radius 3 is 1.47 bits per heavy atom. The maximum atomic E-state index is 13.0. The summed E-state index contributed by atoms with van der Waals surface area (Å²) in [6.45, 7) is 3.70. The summed E-state index contributed by atoms with van der Waals surface area (Å²) in [4.78, 5) is 35.1. The van der Waals surface area contributed by atoms with Gasteiger partial charge in [0, 0.05) is 37.0 Å². The number of nitrogens with one attached hydrogen (secondary N) is 5. The Labute approximate surface area is 202 Å². The van der Waals surface area contributed by atoms with Crippen LogP contribution in [0.25, 0.3) is 0 Å². The number of hydrogen-bond acceptors (Lipinski definition) is 7. The molecular weight excluding hydrogens is 430 g/mol. The minimum atomic E-state index is -0.273. The molecule has 2 atom stereocenters. The summed E-state index contributed by atoms with van der Waals surface area (Å²) in [6.07, 6.45) is 10.8. The molecule has 3 heterocycles. The number of amides is 2. The Balaban J connectivity index is 1.03. The first-order valence-electron chi connectivity index (χ1n) is 13.6. The third kappa shape index (κ3) is 5.73. The van der Waals surface area contributed by atoms with E-state index in [2.05, 4.69) is 36.6 Å². The Bertz CT molecular complexity index is 733. The lowest BCUT2D eigenvalue weighted by Crippen LogP contribution is -2.58. The van der Waals surface area contributed by atoms with Crippen molar-refractivity contribution in [2.45, 2.75) is 94.8 Å². The summed E-state index contributed by atoms with van der Waals surface area (Å²) in [5, 5.41) is 16.7. The van der Waals surface area contributed by atoms with Gasteiger partial charge in [-0.3, -0.25) is 24.9 Å². The second-order valence-electron chi connectivity index (χ2n) is 10.7. The van der Waals surface area contributed by atoms with E-state index in [1.165, 1.54) is 11.7 Å². The Morgan fingerprint density at radius 1 is 0.647 bits per heavy atom. The van der Waals surface area contributed by atoms with E-state index >= 15 is 0 Å². The van der Waals surface area contributed by atoms with Crippen LogP contribution in [0.1, 0.15) is 70.6 Å². The van der Waals surface area contributed by atoms with Crippen molar-refractivity contribution in [1.82, 2.24) is 26.6 Å². The molecule has 5 N–H and O–H groups in total. The fraction of sp³-hybridized carbons (Fsp3) is 0.840. The monoisotopic (exact) mass is 471 g/mol. The summed E-state index contributed by atoms with van der Waals surface area (Å²) >= 11 is 0. The lowest BCUT2D eigenvalue weighted by molar-refractivity contribution is -0.128. The molecule has 2 unspecified atom stereocenters. The molecule has 3 aliphatic heterocycles. The number of amidine groups is 2. The van der Waals surface area contributed by atoms with Gasteiger partial charge in [0.05, 0.1) is 36.8 Å². The van der Waals surface area contributed by atoms with Gasteiger partial charge in [-0.15, -0.1) is 0 Å². The summed E-state index contributed by atoms with van der Waals surface area (Å²) in [5.41, 5.74) is 0. The van der Waals surface area contributed by atoms with E-state index < -0.39 is 0 Å². The summed E-state index contributed by atoms with van der Waals surface area (Å²) < 4.78 is 0. The molecule has 2 aliphatic carbocycles. The predicted octanol–water partition coefficient (Wildman–Crippen LogP) is 0.851. The van der Waals surface area contributed by atoms with Crippen LogP contribution < -0.4 is 26.6 Å². The first-order chi connectivity index (χ1) is 16.7. The van der Waals surface area contributed by atoms with Gasteiger partial charge in [-0.2, -0.15) is 0 Å². The molecule has 0 aromatic heterocycles. The van der Waals surface area contributed by atoms with E-state index in [0.29, 0.717) is 11.8 Å². The fourth-order valence-electron chi connectivity index (χ4n) is 6.35. The second-order valence-corrected chi connectivity index (χ2v) is 10.7. The van der Waals surface area contributed by atoms with E-state index in [0.717, 1.165) is 96.8 Å². The second kappa shape index (κ2) is 11.1. The SMILES string of the molecule is O=C(NC1CCC(C2=NCCN2)CC1)C1CCCC(C(=O)NC2CCC(C3=NCCN3)CC2)N1. The standard InChI is InChI=1S/C25H41N7O2/c33-24(30-18-8-4-16(5-9-18)22-26-12-13-27-22)20-2-1-3-21(32-20)25(34)31-19-10-6-17(7-11-19)23-28-14-15-29-23/h16-21,32H,1-15H2,(H,26,27)(H,28,29)(H,30,33)(H,31,34). The zero-order chi connectivity index (χ0) is 23.3. The summed E-state index contributed by atoms with van der Waals surface area (Å²) in [5.74, 6) is 3.50. The normalized spacial score (nSPS) is 36.0. The highest BCUT2D eigenvalue weighted by molar-refractivity contribution is 5.87. The van der Waals surface area contributed by atoms with Crippen LogP contribution in [0.4, 0.5) is 0 Å². The molecule has 2 saturated carbocycles. The van der Waals surface area contributed by atoms with Crippen LogP contribution in [0, 0.1) is 11.8 Å². The van der Waals surface area contributed by atoms with Crippen molar-refractivity contribution in [3.63, 3.8) is 0 Å². The van der Waals surface area contributed by atoms with E-state index in [1.54, 1.807) is 0 Å².